The number of esters is 1. The number of allylic oxidation sites excluding steroid dienone is 1. The molecule has 1 heterocycles. The van der Waals surface area contributed by atoms with Gasteiger partial charge in [0.05, 0.1) is 5.92 Å². The van der Waals surface area contributed by atoms with Crippen molar-refractivity contribution in [3.63, 3.8) is 0 Å². The van der Waals surface area contributed by atoms with Gasteiger partial charge < -0.3 is 24.7 Å². The van der Waals surface area contributed by atoms with Crippen molar-refractivity contribution in [1.29, 1.82) is 5.26 Å². The van der Waals surface area contributed by atoms with Crippen molar-refractivity contribution in [3.8, 4) is 29.1 Å². The van der Waals surface area contributed by atoms with E-state index in [2.05, 4.69) is 6.07 Å². The van der Waals surface area contributed by atoms with Gasteiger partial charge in [-0.3, -0.25) is 0 Å². The predicted molar refractivity (Wildman–Crippen MR) is 146 cm³/mol. The lowest BCUT2D eigenvalue weighted by molar-refractivity contribution is -0.136. The van der Waals surface area contributed by atoms with E-state index in [1.165, 1.54) is 0 Å². The molecule has 8 heteroatoms. The number of nitrogens with two attached hydrogens (primary N) is 1. The average molecular weight is 539 g/mol. The van der Waals surface area contributed by atoms with Gasteiger partial charge in [0.25, 0.3) is 0 Å². The van der Waals surface area contributed by atoms with E-state index >= 15 is 0 Å². The Morgan fingerprint density at radius 2 is 1.67 bits per heavy atom. The zero-order valence-electron chi connectivity index (χ0n) is 20.7. The van der Waals surface area contributed by atoms with E-state index in [0.717, 1.165) is 11.1 Å². The van der Waals surface area contributed by atoms with Crippen LogP contribution < -0.4 is 24.7 Å². The molecular weight excluding hydrogens is 516 g/mol. The lowest BCUT2D eigenvalue weighted by Crippen LogP contribution is -2.21. The van der Waals surface area contributed by atoms with Crippen molar-refractivity contribution < 1.29 is 23.7 Å². The molecule has 4 aromatic carbocycles. The monoisotopic (exact) mass is 538 g/mol. The van der Waals surface area contributed by atoms with Crippen molar-refractivity contribution in [1.82, 2.24) is 0 Å². The summed E-state index contributed by atoms with van der Waals surface area (Å²) in [5.74, 6) is 0.632. The molecule has 0 bridgehead atoms. The first-order valence-electron chi connectivity index (χ1n) is 12.1. The standard InChI is InChI=1S/C31H23ClN2O5/c32-22-9-5-11-24(15-22)37-19-29(35)38-25-12-13-26-28(16-25)39-31(34)27(17-33)30(26)21-8-4-10-23(14-21)36-18-20-6-2-1-3-7-20/h1-16,30H,18-19,34H2. The van der Waals surface area contributed by atoms with Gasteiger partial charge in [0.1, 0.15) is 41.2 Å². The molecule has 1 atom stereocenters. The third kappa shape index (κ3) is 6.15. The third-order valence-corrected chi connectivity index (χ3v) is 6.25. The number of benzene rings is 4. The topological polar surface area (TPSA) is 104 Å². The van der Waals surface area contributed by atoms with Gasteiger partial charge in [-0.15, -0.1) is 0 Å². The molecule has 0 radical (unpaired) electrons. The number of hydrogen-bond acceptors (Lipinski definition) is 7. The molecule has 0 aliphatic carbocycles. The molecular formula is C31H23ClN2O5. The summed E-state index contributed by atoms with van der Waals surface area (Å²) in [4.78, 5) is 12.4. The normalized spacial score (nSPS) is 14.0. The zero-order valence-corrected chi connectivity index (χ0v) is 21.4. The fraction of sp³-hybridized carbons (Fsp3) is 0.0968. The van der Waals surface area contributed by atoms with Gasteiger partial charge in [0.2, 0.25) is 5.88 Å². The van der Waals surface area contributed by atoms with Gasteiger partial charge >= 0.3 is 5.97 Å². The summed E-state index contributed by atoms with van der Waals surface area (Å²) in [5, 5.41) is 10.4. The fourth-order valence-corrected chi connectivity index (χ4v) is 4.41. The van der Waals surface area contributed by atoms with Gasteiger partial charge in [-0.2, -0.15) is 5.26 Å². The second-order valence-electron chi connectivity index (χ2n) is 8.69. The zero-order chi connectivity index (χ0) is 27.2. The van der Waals surface area contributed by atoms with Crippen molar-refractivity contribution >= 4 is 17.6 Å². The van der Waals surface area contributed by atoms with Crippen LogP contribution in [0.4, 0.5) is 0 Å². The van der Waals surface area contributed by atoms with Crippen LogP contribution in [0, 0.1) is 11.3 Å². The molecule has 1 aliphatic rings. The maximum atomic E-state index is 12.4. The quantitative estimate of drug-likeness (QED) is 0.213. The molecule has 5 rings (SSSR count). The molecule has 1 aliphatic heterocycles. The van der Waals surface area contributed by atoms with Crippen LogP contribution in [0.25, 0.3) is 0 Å². The fourth-order valence-electron chi connectivity index (χ4n) is 4.23. The largest absolute Gasteiger partial charge is 0.489 e. The van der Waals surface area contributed by atoms with Crippen LogP contribution in [-0.2, 0) is 11.4 Å². The third-order valence-electron chi connectivity index (χ3n) is 6.01. The molecule has 0 amide bonds. The highest BCUT2D eigenvalue weighted by molar-refractivity contribution is 6.30. The minimum Gasteiger partial charge on any atom is -0.489 e. The summed E-state index contributed by atoms with van der Waals surface area (Å²) in [6, 6.07) is 31.2. The number of nitrogens with zero attached hydrogens (tertiary/aromatic N) is 1. The highest BCUT2D eigenvalue weighted by atomic mass is 35.5. The van der Waals surface area contributed by atoms with Crippen molar-refractivity contribution in [2.24, 2.45) is 5.73 Å². The van der Waals surface area contributed by atoms with E-state index in [0.29, 0.717) is 34.4 Å². The van der Waals surface area contributed by atoms with Crippen molar-refractivity contribution in [2.75, 3.05) is 6.61 Å². The SMILES string of the molecule is N#CC1=C(N)Oc2cc(OC(=O)COc3cccc(Cl)c3)ccc2C1c1cccc(OCc2ccccc2)c1. The minimum absolute atomic E-state index is 0.0154. The smallest absolute Gasteiger partial charge is 0.349 e. The number of rotatable bonds is 8. The maximum absolute atomic E-state index is 12.4. The Morgan fingerprint density at radius 1 is 0.897 bits per heavy atom. The molecule has 1 unspecified atom stereocenters. The van der Waals surface area contributed by atoms with Crippen LogP contribution in [0.1, 0.15) is 22.6 Å². The number of nitriles is 1. The van der Waals surface area contributed by atoms with Gasteiger partial charge in [-0.05, 0) is 47.5 Å². The number of ether oxygens (including phenoxy) is 4. The van der Waals surface area contributed by atoms with Crippen LogP contribution in [0.2, 0.25) is 5.02 Å². The summed E-state index contributed by atoms with van der Waals surface area (Å²) in [5.41, 5.74) is 8.98. The first-order valence-corrected chi connectivity index (χ1v) is 12.5. The Labute approximate surface area is 230 Å². The number of fused-ring (bicyclic) bond motifs is 1. The minimum atomic E-state index is -0.605. The highest BCUT2D eigenvalue weighted by Gasteiger charge is 2.31. The first-order chi connectivity index (χ1) is 19.0. The molecule has 2 N–H and O–H groups in total. The lowest BCUT2D eigenvalue weighted by Gasteiger charge is -2.27. The average Bonchev–Trinajstić information content (AvgIpc) is 2.95. The molecule has 0 saturated carbocycles. The molecule has 0 saturated heterocycles. The van der Waals surface area contributed by atoms with Crippen LogP contribution >= 0.6 is 11.6 Å². The van der Waals surface area contributed by atoms with Gasteiger partial charge in [-0.1, -0.05) is 66.2 Å². The Kier molecular flexibility index (Phi) is 7.67. The molecule has 39 heavy (non-hydrogen) atoms. The summed E-state index contributed by atoms with van der Waals surface area (Å²) in [6.07, 6.45) is 0. The Bertz CT molecular complexity index is 1580. The summed E-state index contributed by atoms with van der Waals surface area (Å²) in [7, 11) is 0. The van der Waals surface area contributed by atoms with E-state index in [1.54, 1.807) is 42.5 Å². The van der Waals surface area contributed by atoms with Crippen LogP contribution in [0.5, 0.6) is 23.0 Å². The van der Waals surface area contributed by atoms with E-state index in [1.807, 2.05) is 54.6 Å². The maximum Gasteiger partial charge on any atom is 0.349 e. The summed E-state index contributed by atoms with van der Waals surface area (Å²) >= 11 is 5.94. The van der Waals surface area contributed by atoms with Crippen molar-refractivity contribution in [3.05, 3.63) is 130 Å². The molecule has 0 fully saturated rings. The van der Waals surface area contributed by atoms with Crippen LogP contribution in [0.15, 0.2) is 109 Å². The first kappa shape index (κ1) is 25.7. The van der Waals surface area contributed by atoms with Crippen molar-refractivity contribution in [2.45, 2.75) is 12.5 Å². The number of carbonyl (C=O) groups is 1. The summed E-state index contributed by atoms with van der Waals surface area (Å²) in [6.45, 7) is 0.102. The second-order valence-corrected chi connectivity index (χ2v) is 9.13. The van der Waals surface area contributed by atoms with Gasteiger partial charge in [0, 0.05) is 16.7 Å². The molecule has 0 spiro atoms. The number of halogens is 1. The summed E-state index contributed by atoms with van der Waals surface area (Å²) < 4.78 is 22.6. The molecule has 0 aromatic heterocycles. The Hall–Kier alpha value is -4.93. The highest BCUT2D eigenvalue weighted by Crippen LogP contribution is 2.44. The van der Waals surface area contributed by atoms with E-state index in [9.17, 15) is 10.1 Å². The number of carbonyl (C=O) groups excluding carboxylic acids is 1. The van der Waals surface area contributed by atoms with Gasteiger partial charge in [-0.25, -0.2) is 4.79 Å². The molecule has 194 valence electrons. The second kappa shape index (κ2) is 11.6. The predicted octanol–water partition coefficient (Wildman–Crippen LogP) is 6.12. The Balaban J connectivity index is 1.34. The van der Waals surface area contributed by atoms with Gasteiger partial charge in [0.15, 0.2) is 6.61 Å². The van der Waals surface area contributed by atoms with E-state index in [4.69, 9.17) is 36.3 Å². The van der Waals surface area contributed by atoms with Crippen LogP contribution in [-0.4, -0.2) is 12.6 Å². The Morgan fingerprint density at radius 3 is 2.44 bits per heavy atom. The van der Waals surface area contributed by atoms with Crippen LogP contribution in [0.3, 0.4) is 0 Å². The van der Waals surface area contributed by atoms with E-state index in [-0.39, 0.29) is 23.8 Å². The molecule has 7 nitrogen and oxygen atoms in total. The number of hydrogen-bond donors (Lipinski definition) is 1. The van der Waals surface area contributed by atoms with E-state index < -0.39 is 11.9 Å². The molecule has 4 aromatic rings. The lowest BCUT2D eigenvalue weighted by atomic mass is 9.83.